The lowest BCUT2D eigenvalue weighted by Gasteiger charge is -2.29. The van der Waals surface area contributed by atoms with Crippen molar-refractivity contribution in [3.63, 3.8) is 0 Å². The number of methoxy groups -OCH3 is 1. The number of carbonyl (C=O) groups is 2. The summed E-state index contributed by atoms with van der Waals surface area (Å²) in [7, 11) is 1.57. The SMILES string of the molecule is CCCOc1ccc([C@@H]2[C@@H]3C(=O)N(c4ccc(OC)cc4)C(=O)[C@H]3ON2c2ccccc2)cc1OCC. The Morgan fingerprint density at radius 3 is 2.27 bits per heavy atom. The fourth-order valence-electron chi connectivity index (χ4n) is 4.85. The summed E-state index contributed by atoms with van der Waals surface area (Å²) in [5.41, 5.74) is 2.03. The molecule has 2 aliphatic heterocycles. The van der Waals surface area contributed by atoms with Gasteiger partial charge in [0.1, 0.15) is 11.7 Å². The Labute approximate surface area is 216 Å². The molecule has 0 bridgehead atoms. The second kappa shape index (κ2) is 10.5. The molecule has 0 unspecified atom stereocenters. The van der Waals surface area contributed by atoms with E-state index >= 15 is 0 Å². The van der Waals surface area contributed by atoms with E-state index in [4.69, 9.17) is 19.0 Å². The number of imide groups is 1. The molecule has 5 rings (SSSR count). The lowest BCUT2D eigenvalue weighted by Crippen LogP contribution is -2.37. The molecule has 0 saturated carbocycles. The van der Waals surface area contributed by atoms with Crippen LogP contribution in [0.25, 0.3) is 0 Å². The monoisotopic (exact) mass is 502 g/mol. The Balaban J connectivity index is 1.56. The average molecular weight is 503 g/mol. The van der Waals surface area contributed by atoms with Gasteiger partial charge in [0.25, 0.3) is 5.91 Å². The zero-order valence-corrected chi connectivity index (χ0v) is 21.1. The Bertz CT molecular complexity index is 1260. The van der Waals surface area contributed by atoms with Crippen molar-refractivity contribution in [2.24, 2.45) is 5.92 Å². The molecule has 3 aromatic carbocycles. The predicted molar refractivity (Wildman–Crippen MR) is 139 cm³/mol. The molecule has 0 N–H and O–H groups in total. The molecule has 8 heteroatoms. The lowest BCUT2D eigenvalue weighted by molar-refractivity contribution is -0.126. The maximum Gasteiger partial charge on any atom is 0.266 e. The summed E-state index contributed by atoms with van der Waals surface area (Å²) in [6.07, 6.45) is -0.0843. The van der Waals surface area contributed by atoms with Crippen LogP contribution < -0.4 is 24.2 Å². The number of nitrogens with zero attached hydrogens (tertiary/aromatic N) is 2. The number of para-hydroxylation sites is 1. The zero-order chi connectivity index (χ0) is 25.9. The van der Waals surface area contributed by atoms with Crippen LogP contribution in [0, 0.1) is 5.92 Å². The van der Waals surface area contributed by atoms with Crippen LogP contribution in [0.5, 0.6) is 17.2 Å². The van der Waals surface area contributed by atoms with Gasteiger partial charge in [-0.05, 0) is 67.4 Å². The van der Waals surface area contributed by atoms with E-state index in [2.05, 4.69) is 0 Å². The standard InChI is InChI=1S/C29H30N2O6/c1-4-17-36-23-16-11-19(18-24(23)35-5-2)26-25-27(37-31(26)21-9-7-6-8-10-21)29(33)30(28(25)32)20-12-14-22(34-3)15-13-20/h6-16,18,25-27H,4-5,17H2,1-3H3/t25-,26+,27-/m0/s1. The number of hydroxylamine groups is 1. The van der Waals surface area contributed by atoms with Crippen molar-refractivity contribution in [1.29, 1.82) is 0 Å². The number of hydrogen-bond acceptors (Lipinski definition) is 7. The van der Waals surface area contributed by atoms with E-state index in [9.17, 15) is 9.59 Å². The molecule has 37 heavy (non-hydrogen) atoms. The molecule has 2 saturated heterocycles. The fraction of sp³-hybridized carbons (Fsp3) is 0.310. The van der Waals surface area contributed by atoms with E-state index in [1.54, 1.807) is 36.4 Å². The molecule has 0 radical (unpaired) electrons. The molecule has 2 heterocycles. The first-order chi connectivity index (χ1) is 18.1. The number of ether oxygens (including phenoxy) is 3. The summed E-state index contributed by atoms with van der Waals surface area (Å²) in [6.45, 7) is 4.98. The van der Waals surface area contributed by atoms with Crippen LogP contribution in [-0.4, -0.2) is 38.2 Å². The molecule has 2 amide bonds. The molecular formula is C29H30N2O6. The number of benzene rings is 3. The van der Waals surface area contributed by atoms with Crippen LogP contribution in [0.3, 0.4) is 0 Å². The van der Waals surface area contributed by atoms with Crippen LogP contribution in [0.15, 0.2) is 72.8 Å². The van der Waals surface area contributed by atoms with Crippen LogP contribution in [0.4, 0.5) is 11.4 Å². The van der Waals surface area contributed by atoms with Crippen molar-refractivity contribution in [3.05, 3.63) is 78.4 Å². The highest BCUT2D eigenvalue weighted by Crippen LogP contribution is 2.48. The molecule has 0 aliphatic carbocycles. The maximum absolute atomic E-state index is 13.8. The molecular weight excluding hydrogens is 472 g/mol. The summed E-state index contributed by atoms with van der Waals surface area (Å²) in [5.74, 6) is 0.425. The van der Waals surface area contributed by atoms with E-state index in [0.29, 0.717) is 36.1 Å². The predicted octanol–water partition coefficient (Wildman–Crippen LogP) is 4.93. The largest absolute Gasteiger partial charge is 0.497 e. The quantitative estimate of drug-likeness (QED) is 0.384. The minimum atomic E-state index is -0.952. The van der Waals surface area contributed by atoms with Crippen LogP contribution in [0.2, 0.25) is 0 Å². The van der Waals surface area contributed by atoms with Gasteiger partial charge >= 0.3 is 0 Å². The van der Waals surface area contributed by atoms with E-state index < -0.39 is 24.0 Å². The fourth-order valence-corrected chi connectivity index (χ4v) is 4.85. The number of amides is 2. The zero-order valence-electron chi connectivity index (χ0n) is 21.1. The molecule has 8 nitrogen and oxygen atoms in total. The first-order valence-electron chi connectivity index (χ1n) is 12.5. The molecule has 3 atom stereocenters. The average Bonchev–Trinajstić information content (AvgIpc) is 3.44. The Kier molecular flexibility index (Phi) is 7.01. The number of anilines is 2. The van der Waals surface area contributed by atoms with Crippen LogP contribution in [0.1, 0.15) is 31.9 Å². The van der Waals surface area contributed by atoms with Gasteiger partial charge in [0.15, 0.2) is 17.6 Å². The van der Waals surface area contributed by atoms with Crippen molar-refractivity contribution in [2.75, 3.05) is 30.3 Å². The highest BCUT2D eigenvalue weighted by molar-refractivity contribution is 6.23. The third kappa shape index (κ3) is 4.49. The van der Waals surface area contributed by atoms with E-state index in [1.807, 2.05) is 62.4 Å². The van der Waals surface area contributed by atoms with E-state index in [1.165, 1.54) is 4.90 Å². The molecule has 2 aliphatic rings. The topological polar surface area (TPSA) is 77.5 Å². The second-order valence-corrected chi connectivity index (χ2v) is 8.86. The number of fused-ring (bicyclic) bond motifs is 1. The first kappa shape index (κ1) is 24.6. The van der Waals surface area contributed by atoms with Gasteiger partial charge in [0.2, 0.25) is 5.91 Å². The third-order valence-corrected chi connectivity index (χ3v) is 6.53. The Hall–Kier alpha value is -4.04. The minimum Gasteiger partial charge on any atom is -0.497 e. The first-order valence-corrected chi connectivity index (χ1v) is 12.5. The van der Waals surface area contributed by atoms with Crippen molar-refractivity contribution in [3.8, 4) is 17.2 Å². The molecule has 0 aromatic heterocycles. The smallest absolute Gasteiger partial charge is 0.266 e. The van der Waals surface area contributed by atoms with Crippen molar-refractivity contribution < 1.29 is 28.6 Å². The minimum absolute atomic E-state index is 0.312. The van der Waals surface area contributed by atoms with Gasteiger partial charge in [-0.3, -0.25) is 14.4 Å². The number of hydrogen-bond donors (Lipinski definition) is 0. The summed E-state index contributed by atoms with van der Waals surface area (Å²) < 4.78 is 17.0. The Morgan fingerprint density at radius 1 is 0.838 bits per heavy atom. The molecule has 192 valence electrons. The van der Waals surface area contributed by atoms with Crippen LogP contribution >= 0.6 is 0 Å². The summed E-state index contributed by atoms with van der Waals surface area (Å²) in [4.78, 5) is 34.8. The van der Waals surface area contributed by atoms with Crippen molar-refractivity contribution >= 4 is 23.2 Å². The third-order valence-electron chi connectivity index (χ3n) is 6.53. The lowest BCUT2D eigenvalue weighted by atomic mass is 9.90. The van der Waals surface area contributed by atoms with E-state index in [0.717, 1.165) is 17.7 Å². The molecule has 0 spiro atoms. The summed E-state index contributed by atoms with van der Waals surface area (Å²) >= 11 is 0. The Morgan fingerprint density at radius 2 is 1.59 bits per heavy atom. The van der Waals surface area contributed by atoms with Crippen molar-refractivity contribution in [2.45, 2.75) is 32.4 Å². The molecule has 3 aromatic rings. The van der Waals surface area contributed by atoms with Crippen LogP contribution in [-0.2, 0) is 14.4 Å². The van der Waals surface area contributed by atoms with Gasteiger partial charge in [0, 0.05) is 0 Å². The van der Waals surface area contributed by atoms with Gasteiger partial charge in [-0.15, -0.1) is 0 Å². The van der Waals surface area contributed by atoms with Gasteiger partial charge < -0.3 is 14.2 Å². The summed E-state index contributed by atoms with van der Waals surface area (Å²) in [6, 6.07) is 21.4. The van der Waals surface area contributed by atoms with Gasteiger partial charge in [-0.2, -0.15) is 0 Å². The van der Waals surface area contributed by atoms with Gasteiger partial charge in [-0.25, -0.2) is 9.96 Å². The second-order valence-electron chi connectivity index (χ2n) is 8.86. The van der Waals surface area contributed by atoms with Crippen molar-refractivity contribution in [1.82, 2.24) is 0 Å². The van der Waals surface area contributed by atoms with Gasteiger partial charge in [0.05, 0.1) is 37.7 Å². The van der Waals surface area contributed by atoms with Gasteiger partial charge in [-0.1, -0.05) is 31.2 Å². The normalized spacial score (nSPS) is 20.8. The van der Waals surface area contributed by atoms with E-state index in [-0.39, 0.29) is 5.91 Å². The number of rotatable bonds is 9. The number of carbonyl (C=O) groups excluding carboxylic acids is 2. The summed E-state index contributed by atoms with van der Waals surface area (Å²) in [5, 5.41) is 1.67. The highest BCUT2D eigenvalue weighted by atomic mass is 16.7. The maximum atomic E-state index is 13.8. The molecule has 2 fully saturated rings. The highest BCUT2D eigenvalue weighted by Gasteiger charge is 2.60.